The van der Waals surface area contributed by atoms with Gasteiger partial charge in [0, 0.05) is 6.04 Å². The summed E-state index contributed by atoms with van der Waals surface area (Å²) in [5, 5.41) is 14.6. The number of urea groups is 1. The smallest absolute Gasteiger partial charge is 0.329 e. The maximum Gasteiger partial charge on any atom is 0.329 e. The van der Waals surface area contributed by atoms with Gasteiger partial charge in [-0.15, -0.1) is 0 Å². The Balaban J connectivity index is 1.95. The Morgan fingerprint density at radius 3 is 2.33 bits per heavy atom. The molecular weight excluding hydrogens is 296 g/mol. The number of carboxylic acids is 1. The van der Waals surface area contributed by atoms with Gasteiger partial charge in [0.2, 0.25) is 0 Å². The number of amides is 2. The molecule has 0 spiro atoms. The van der Waals surface area contributed by atoms with Crippen molar-refractivity contribution in [1.82, 2.24) is 10.6 Å². The summed E-state index contributed by atoms with van der Waals surface area (Å²) >= 11 is 0. The number of rotatable bonds is 3. The summed E-state index contributed by atoms with van der Waals surface area (Å²) in [6.45, 7) is 0. The summed E-state index contributed by atoms with van der Waals surface area (Å²) in [7, 11) is -3.10. The predicted octanol–water partition coefficient (Wildman–Crippen LogP) is 0.650. The van der Waals surface area contributed by atoms with Gasteiger partial charge in [-0.05, 0) is 25.7 Å². The van der Waals surface area contributed by atoms with Crippen molar-refractivity contribution in [3.8, 4) is 0 Å². The molecule has 0 aromatic heterocycles. The summed E-state index contributed by atoms with van der Waals surface area (Å²) in [5.74, 6) is -0.930. The first-order valence-electron chi connectivity index (χ1n) is 7.35. The first kappa shape index (κ1) is 16.1. The molecule has 1 saturated heterocycles. The van der Waals surface area contributed by atoms with Crippen LogP contribution in [0.4, 0.5) is 4.79 Å². The largest absolute Gasteiger partial charge is 0.480 e. The van der Waals surface area contributed by atoms with Gasteiger partial charge in [-0.1, -0.05) is 19.3 Å². The summed E-state index contributed by atoms with van der Waals surface area (Å²) in [6, 6.07) is -1.01. The van der Waals surface area contributed by atoms with Crippen molar-refractivity contribution in [1.29, 1.82) is 0 Å². The van der Waals surface area contributed by atoms with E-state index in [0.717, 1.165) is 19.3 Å². The monoisotopic (exact) mass is 318 g/mol. The van der Waals surface area contributed by atoms with Gasteiger partial charge in [0.25, 0.3) is 0 Å². The summed E-state index contributed by atoms with van der Waals surface area (Å²) in [5.41, 5.74) is -1.21. The maximum absolute atomic E-state index is 12.0. The van der Waals surface area contributed by atoms with Crippen LogP contribution in [0.3, 0.4) is 0 Å². The number of hydrogen-bond acceptors (Lipinski definition) is 4. The van der Waals surface area contributed by atoms with E-state index in [2.05, 4.69) is 10.6 Å². The average Bonchev–Trinajstić information content (AvgIpc) is 2.38. The zero-order chi connectivity index (χ0) is 15.5. The van der Waals surface area contributed by atoms with Crippen molar-refractivity contribution >= 4 is 21.8 Å². The molecule has 3 N–H and O–H groups in total. The van der Waals surface area contributed by atoms with Crippen LogP contribution in [0.5, 0.6) is 0 Å². The molecule has 2 aliphatic rings. The van der Waals surface area contributed by atoms with Gasteiger partial charge in [-0.2, -0.15) is 0 Å². The number of carboxylic acid groups (broad SMARTS) is 1. The van der Waals surface area contributed by atoms with Gasteiger partial charge in [0.1, 0.15) is 5.54 Å². The Hall–Kier alpha value is -1.31. The van der Waals surface area contributed by atoms with E-state index in [4.69, 9.17) is 0 Å². The van der Waals surface area contributed by atoms with E-state index < -0.39 is 33.4 Å². The minimum Gasteiger partial charge on any atom is -0.480 e. The quantitative estimate of drug-likeness (QED) is 0.707. The molecule has 1 atom stereocenters. The van der Waals surface area contributed by atoms with Crippen LogP contribution in [-0.2, 0) is 14.6 Å². The van der Waals surface area contributed by atoms with Gasteiger partial charge in [-0.25, -0.2) is 18.0 Å². The third-order valence-corrected chi connectivity index (χ3v) is 6.09. The molecule has 1 aliphatic carbocycles. The third kappa shape index (κ3) is 4.09. The number of hydrogen-bond donors (Lipinski definition) is 3. The van der Waals surface area contributed by atoms with E-state index in [9.17, 15) is 23.1 Å². The van der Waals surface area contributed by atoms with Crippen LogP contribution < -0.4 is 10.6 Å². The Morgan fingerprint density at radius 2 is 1.76 bits per heavy atom. The first-order valence-corrected chi connectivity index (χ1v) is 9.18. The van der Waals surface area contributed by atoms with Gasteiger partial charge < -0.3 is 15.7 Å². The predicted molar refractivity (Wildman–Crippen MR) is 76.8 cm³/mol. The Bertz CT molecular complexity index is 511. The Kier molecular flexibility index (Phi) is 4.75. The van der Waals surface area contributed by atoms with E-state index in [-0.39, 0.29) is 11.5 Å². The number of carbonyl (C=O) groups excluding carboxylic acids is 1. The lowest BCUT2D eigenvalue weighted by molar-refractivity contribution is -0.145. The highest BCUT2D eigenvalue weighted by Crippen LogP contribution is 2.28. The lowest BCUT2D eigenvalue weighted by atomic mass is 9.82. The molecule has 2 fully saturated rings. The third-order valence-electron chi connectivity index (χ3n) is 4.27. The van der Waals surface area contributed by atoms with Gasteiger partial charge >= 0.3 is 12.0 Å². The normalized spacial score (nSPS) is 27.5. The van der Waals surface area contributed by atoms with Crippen LogP contribution in [0, 0.1) is 0 Å². The molecule has 21 heavy (non-hydrogen) atoms. The molecule has 0 aromatic rings. The summed E-state index contributed by atoms with van der Waals surface area (Å²) < 4.78 is 23.1. The van der Waals surface area contributed by atoms with Crippen LogP contribution in [-0.4, -0.2) is 48.6 Å². The number of nitrogens with one attached hydrogen (secondary N) is 2. The molecule has 1 unspecified atom stereocenters. The van der Waals surface area contributed by atoms with Crippen molar-refractivity contribution < 1.29 is 23.1 Å². The lowest BCUT2D eigenvalue weighted by Crippen LogP contribution is -2.60. The Morgan fingerprint density at radius 1 is 1.10 bits per heavy atom. The van der Waals surface area contributed by atoms with Crippen LogP contribution >= 0.6 is 0 Å². The van der Waals surface area contributed by atoms with E-state index in [0.29, 0.717) is 25.7 Å². The fraction of sp³-hybridized carbons (Fsp3) is 0.846. The SMILES string of the molecule is O=C(NC1CCCS(=O)(=O)C1)NC1(C(=O)O)CCCCC1. The molecule has 0 bridgehead atoms. The summed E-state index contributed by atoms with van der Waals surface area (Å²) in [4.78, 5) is 23.5. The maximum atomic E-state index is 12.0. The fourth-order valence-electron chi connectivity index (χ4n) is 3.12. The topological polar surface area (TPSA) is 113 Å². The minimum atomic E-state index is -3.10. The van der Waals surface area contributed by atoms with Crippen molar-refractivity contribution in [2.75, 3.05) is 11.5 Å². The van der Waals surface area contributed by atoms with Crippen LogP contribution in [0.15, 0.2) is 0 Å². The molecule has 7 nitrogen and oxygen atoms in total. The number of aliphatic carboxylic acids is 1. The molecular formula is C13H22N2O5S. The number of carbonyl (C=O) groups is 2. The fourth-order valence-corrected chi connectivity index (χ4v) is 4.76. The molecule has 1 saturated carbocycles. The first-order chi connectivity index (χ1) is 9.83. The lowest BCUT2D eigenvalue weighted by Gasteiger charge is -2.34. The minimum absolute atomic E-state index is 0.0690. The van der Waals surface area contributed by atoms with Crippen LogP contribution in [0.1, 0.15) is 44.9 Å². The van der Waals surface area contributed by atoms with Gasteiger partial charge in [0.15, 0.2) is 9.84 Å². The molecule has 1 aliphatic heterocycles. The molecule has 0 radical (unpaired) electrons. The second-order valence-electron chi connectivity index (χ2n) is 6.00. The van der Waals surface area contributed by atoms with Gasteiger partial charge in [0.05, 0.1) is 11.5 Å². The highest BCUT2D eigenvalue weighted by molar-refractivity contribution is 7.91. The second-order valence-corrected chi connectivity index (χ2v) is 8.23. The standard InChI is InChI=1S/C13H22N2O5S/c16-11(17)13(6-2-1-3-7-13)15-12(18)14-10-5-4-8-21(19,20)9-10/h10H,1-9H2,(H,16,17)(H2,14,15,18). The molecule has 8 heteroatoms. The zero-order valence-electron chi connectivity index (χ0n) is 11.9. The zero-order valence-corrected chi connectivity index (χ0v) is 12.7. The van der Waals surface area contributed by atoms with E-state index >= 15 is 0 Å². The highest BCUT2D eigenvalue weighted by atomic mass is 32.2. The molecule has 0 aromatic carbocycles. The molecule has 120 valence electrons. The molecule has 1 heterocycles. The summed E-state index contributed by atoms with van der Waals surface area (Å²) in [6.07, 6.45) is 4.47. The van der Waals surface area contributed by atoms with Crippen LogP contribution in [0.2, 0.25) is 0 Å². The van der Waals surface area contributed by atoms with Crippen molar-refractivity contribution in [2.45, 2.75) is 56.5 Å². The van der Waals surface area contributed by atoms with Crippen molar-refractivity contribution in [3.63, 3.8) is 0 Å². The van der Waals surface area contributed by atoms with Crippen molar-refractivity contribution in [2.24, 2.45) is 0 Å². The van der Waals surface area contributed by atoms with Crippen molar-refractivity contribution in [3.05, 3.63) is 0 Å². The number of sulfone groups is 1. The average molecular weight is 318 g/mol. The second kappa shape index (κ2) is 6.21. The van der Waals surface area contributed by atoms with E-state index in [1.165, 1.54) is 0 Å². The van der Waals surface area contributed by atoms with E-state index in [1.54, 1.807) is 0 Å². The van der Waals surface area contributed by atoms with E-state index in [1.807, 2.05) is 0 Å². The highest BCUT2D eigenvalue weighted by Gasteiger charge is 2.41. The van der Waals surface area contributed by atoms with Gasteiger partial charge in [-0.3, -0.25) is 0 Å². The Labute approximate surface area is 124 Å². The molecule has 2 rings (SSSR count). The molecule has 2 amide bonds. The van der Waals surface area contributed by atoms with Crippen LogP contribution in [0.25, 0.3) is 0 Å².